The molecule has 48 valence electrons. The van der Waals surface area contributed by atoms with E-state index in [-0.39, 0.29) is 6.23 Å². The predicted molar refractivity (Wildman–Crippen MR) is 31.7 cm³/mol. The van der Waals surface area contributed by atoms with Crippen LogP contribution in [0, 0.1) is 0 Å². The highest BCUT2D eigenvalue weighted by molar-refractivity contribution is 4.61. The van der Waals surface area contributed by atoms with Crippen LogP contribution in [0.4, 0.5) is 0 Å². The molecule has 1 fully saturated rings. The zero-order valence-electron chi connectivity index (χ0n) is 5.11. The summed E-state index contributed by atoms with van der Waals surface area (Å²) in [7, 11) is 1.90. The second-order valence-corrected chi connectivity index (χ2v) is 1.85. The van der Waals surface area contributed by atoms with Gasteiger partial charge in [-0.15, -0.1) is 0 Å². The number of hydrogen-bond donors (Lipinski definition) is 2. The summed E-state index contributed by atoms with van der Waals surface area (Å²) in [6, 6.07) is 0. The smallest absolute Gasteiger partial charge is 0.120 e. The molecule has 1 atom stereocenters. The largest absolute Gasteiger partial charge is 0.361 e. The maximum Gasteiger partial charge on any atom is 0.120 e. The molecule has 1 aliphatic heterocycles. The molecule has 0 aromatic rings. The van der Waals surface area contributed by atoms with Crippen LogP contribution in [-0.2, 0) is 4.74 Å². The van der Waals surface area contributed by atoms with E-state index in [0.717, 1.165) is 19.7 Å². The van der Waals surface area contributed by atoms with Crippen molar-refractivity contribution in [2.24, 2.45) is 0 Å². The lowest BCUT2D eigenvalue weighted by molar-refractivity contribution is 0.0120. The molecule has 3 nitrogen and oxygen atoms in total. The third-order valence-corrected chi connectivity index (χ3v) is 1.25. The summed E-state index contributed by atoms with van der Waals surface area (Å²) in [5.41, 5.74) is 0. The van der Waals surface area contributed by atoms with E-state index in [1.807, 2.05) is 7.05 Å². The zero-order chi connectivity index (χ0) is 5.82. The summed E-state index contributed by atoms with van der Waals surface area (Å²) < 4.78 is 5.25. The molecule has 1 saturated heterocycles. The Hall–Kier alpha value is -0.120. The summed E-state index contributed by atoms with van der Waals surface area (Å²) in [6.45, 7) is 2.74. The first-order valence-electron chi connectivity index (χ1n) is 2.93. The van der Waals surface area contributed by atoms with Crippen molar-refractivity contribution in [3.63, 3.8) is 0 Å². The maximum atomic E-state index is 5.25. The van der Waals surface area contributed by atoms with Gasteiger partial charge >= 0.3 is 0 Å². The summed E-state index contributed by atoms with van der Waals surface area (Å²) in [6.07, 6.45) is 0.226. The van der Waals surface area contributed by atoms with E-state index >= 15 is 0 Å². The predicted octanol–water partition coefficient (Wildman–Crippen LogP) is -0.848. The first kappa shape index (κ1) is 6.01. The molecule has 0 aromatic heterocycles. The molecule has 0 radical (unpaired) electrons. The van der Waals surface area contributed by atoms with E-state index in [1.54, 1.807) is 0 Å². The third-order valence-electron chi connectivity index (χ3n) is 1.25. The first-order chi connectivity index (χ1) is 3.93. The van der Waals surface area contributed by atoms with Gasteiger partial charge < -0.3 is 10.1 Å². The fraction of sp³-hybridized carbons (Fsp3) is 1.00. The Morgan fingerprint density at radius 3 is 3.00 bits per heavy atom. The average molecular weight is 116 g/mol. The van der Waals surface area contributed by atoms with E-state index < -0.39 is 0 Å². The van der Waals surface area contributed by atoms with Crippen LogP contribution in [0.3, 0.4) is 0 Å². The Balaban J connectivity index is 2.13. The van der Waals surface area contributed by atoms with Gasteiger partial charge in [0.15, 0.2) is 0 Å². The number of rotatable bonds is 1. The van der Waals surface area contributed by atoms with Crippen LogP contribution >= 0.6 is 0 Å². The van der Waals surface area contributed by atoms with Crippen molar-refractivity contribution in [2.45, 2.75) is 6.23 Å². The monoisotopic (exact) mass is 116 g/mol. The van der Waals surface area contributed by atoms with Gasteiger partial charge in [0.25, 0.3) is 0 Å². The normalized spacial score (nSPS) is 30.4. The molecule has 0 aliphatic carbocycles. The van der Waals surface area contributed by atoms with Crippen LogP contribution in [0.15, 0.2) is 0 Å². The summed E-state index contributed by atoms with van der Waals surface area (Å²) >= 11 is 0. The van der Waals surface area contributed by atoms with E-state index in [2.05, 4.69) is 10.6 Å². The van der Waals surface area contributed by atoms with E-state index in [0.29, 0.717) is 0 Å². The van der Waals surface area contributed by atoms with Crippen LogP contribution < -0.4 is 10.6 Å². The standard InChI is InChI=1S/C5H12N2O/c1-6-5-4-7-2-3-8-5/h5-7H,2-4H2,1H3/t5-/m1/s1. The lowest BCUT2D eigenvalue weighted by Crippen LogP contribution is -2.45. The molecule has 1 rings (SSSR count). The zero-order valence-corrected chi connectivity index (χ0v) is 5.11. The molecule has 2 N–H and O–H groups in total. The number of ether oxygens (including phenoxy) is 1. The van der Waals surface area contributed by atoms with Gasteiger partial charge in [0.1, 0.15) is 6.23 Å². The minimum atomic E-state index is 0.226. The van der Waals surface area contributed by atoms with Gasteiger partial charge in [0, 0.05) is 13.1 Å². The summed E-state index contributed by atoms with van der Waals surface area (Å²) in [5, 5.41) is 6.22. The van der Waals surface area contributed by atoms with Gasteiger partial charge in [-0.05, 0) is 7.05 Å². The van der Waals surface area contributed by atoms with Crippen molar-refractivity contribution >= 4 is 0 Å². The molecule has 0 spiro atoms. The molecule has 0 aromatic carbocycles. The second-order valence-electron chi connectivity index (χ2n) is 1.85. The van der Waals surface area contributed by atoms with Gasteiger partial charge in [-0.25, -0.2) is 0 Å². The minimum Gasteiger partial charge on any atom is -0.361 e. The third kappa shape index (κ3) is 1.43. The number of morpholine rings is 1. The summed E-state index contributed by atoms with van der Waals surface area (Å²) in [5.74, 6) is 0. The molecular formula is C5H12N2O. The van der Waals surface area contributed by atoms with Gasteiger partial charge in [0.2, 0.25) is 0 Å². The summed E-state index contributed by atoms with van der Waals surface area (Å²) in [4.78, 5) is 0. The Bertz CT molecular complexity index is 61.4. The van der Waals surface area contributed by atoms with Gasteiger partial charge in [-0.1, -0.05) is 0 Å². The molecule has 0 bridgehead atoms. The molecular weight excluding hydrogens is 104 g/mol. The van der Waals surface area contributed by atoms with Crippen molar-refractivity contribution in [1.82, 2.24) is 10.6 Å². The van der Waals surface area contributed by atoms with Crippen molar-refractivity contribution in [1.29, 1.82) is 0 Å². The topological polar surface area (TPSA) is 33.3 Å². The van der Waals surface area contributed by atoms with Crippen LogP contribution in [0.5, 0.6) is 0 Å². The quantitative estimate of drug-likeness (QED) is 0.468. The highest BCUT2D eigenvalue weighted by Gasteiger charge is 2.08. The highest BCUT2D eigenvalue weighted by Crippen LogP contribution is 1.88. The van der Waals surface area contributed by atoms with Gasteiger partial charge in [-0.3, -0.25) is 5.32 Å². The van der Waals surface area contributed by atoms with E-state index in [9.17, 15) is 0 Å². The van der Waals surface area contributed by atoms with Crippen molar-refractivity contribution in [2.75, 3.05) is 26.7 Å². The average Bonchev–Trinajstić information content (AvgIpc) is 1.90. The Morgan fingerprint density at radius 2 is 2.62 bits per heavy atom. The Labute approximate surface area is 49.4 Å². The highest BCUT2D eigenvalue weighted by atomic mass is 16.5. The molecule has 0 amide bonds. The molecule has 1 heterocycles. The van der Waals surface area contributed by atoms with Crippen molar-refractivity contribution in [3.05, 3.63) is 0 Å². The van der Waals surface area contributed by atoms with E-state index in [4.69, 9.17) is 4.74 Å². The van der Waals surface area contributed by atoms with Crippen molar-refractivity contribution in [3.8, 4) is 0 Å². The maximum absolute atomic E-state index is 5.25. The SMILES string of the molecule is CN[C@H]1CNCCO1. The van der Waals surface area contributed by atoms with Gasteiger partial charge in [0.05, 0.1) is 6.61 Å². The first-order valence-corrected chi connectivity index (χ1v) is 2.93. The van der Waals surface area contributed by atoms with E-state index in [1.165, 1.54) is 0 Å². The molecule has 1 aliphatic rings. The Kier molecular flexibility index (Phi) is 2.27. The molecule has 8 heavy (non-hydrogen) atoms. The molecule has 0 unspecified atom stereocenters. The lowest BCUT2D eigenvalue weighted by atomic mass is 10.4. The van der Waals surface area contributed by atoms with Crippen molar-refractivity contribution < 1.29 is 4.74 Å². The fourth-order valence-electron chi connectivity index (χ4n) is 0.751. The molecule has 3 heteroatoms. The number of nitrogens with one attached hydrogen (secondary N) is 2. The second kappa shape index (κ2) is 3.02. The Morgan fingerprint density at radius 1 is 1.75 bits per heavy atom. The molecule has 0 saturated carbocycles. The van der Waals surface area contributed by atoms with Crippen LogP contribution in [0.25, 0.3) is 0 Å². The fourth-order valence-corrected chi connectivity index (χ4v) is 0.751. The number of hydrogen-bond acceptors (Lipinski definition) is 3. The lowest BCUT2D eigenvalue weighted by Gasteiger charge is -2.22. The van der Waals surface area contributed by atoms with Crippen LogP contribution in [-0.4, -0.2) is 33.0 Å². The van der Waals surface area contributed by atoms with Gasteiger partial charge in [-0.2, -0.15) is 0 Å². The minimum absolute atomic E-state index is 0.226. The van der Waals surface area contributed by atoms with Crippen LogP contribution in [0.2, 0.25) is 0 Å². The number of likely N-dealkylation sites (N-methyl/N-ethyl adjacent to an activating group) is 1. The van der Waals surface area contributed by atoms with Crippen LogP contribution in [0.1, 0.15) is 0 Å².